The summed E-state index contributed by atoms with van der Waals surface area (Å²) < 4.78 is 18.2. The van der Waals surface area contributed by atoms with Crippen molar-refractivity contribution in [1.82, 2.24) is 0 Å². The van der Waals surface area contributed by atoms with Gasteiger partial charge in [0.25, 0.3) is 0 Å². The van der Waals surface area contributed by atoms with E-state index < -0.39 is 11.8 Å². The van der Waals surface area contributed by atoms with Gasteiger partial charge in [0.05, 0.1) is 12.7 Å². The first kappa shape index (κ1) is 13.0. The van der Waals surface area contributed by atoms with Crippen molar-refractivity contribution in [3.05, 3.63) is 59.4 Å². The largest absolute Gasteiger partial charge is 0.465 e. The van der Waals surface area contributed by atoms with Gasteiger partial charge in [-0.2, -0.15) is 0 Å². The van der Waals surface area contributed by atoms with E-state index >= 15 is 0 Å². The lowest BCUT2D eigenvalue weighted by molar-refractivity contribution is 0.0595. The first-order valence-corrected chi connectivity index (χ1v) is 5.59. The monoisotopic (exact) mass is 258 g/mol. The molecule has 0 N–H and O–H groups in total. The van der Waals surface area contributed by atoms with Gasteiger partial charge in [0, 0.05) is 5.56 Å². The summed E-state index contributed by atoms with van der Waals surface area (Å²) in [5.41, 5.74) is 1.84. The Hall–Kier alpha value is -2.49. The molecule has 19 heavy (non-hydrogen) atoms. The summed E-state index contributed by atoms with van der Waals surface area (Å²) in [4.78, 5) is 21.8. The number of aldehydes is 1. The standard InChI is InChI=1S/C15H11FO3/c1-19-15(18)13-7-6-12(8-14(13)16)11-4-2-10(9-17)3-5-11/h2-9H,1H3. The summed E-state index contributed by atoms with van der Waals surface area (Å²) in [7, 11) is 1.20. The molecule has 0 aliphatic rings. The van der Waals surface area contributed by atoms with Crippen molar-refractivity contribution in [1.29, 1.82) is 0 Å². The van der Waals surface area contributed by atoms with Crippen LogP contribution in [0.25, 0.3) is 11.1 Å². The molecule has 0 saturated heterocycles. The molecule has 0 fully saturated rings. The minimum atomic E-state index is -0.708. The molecule has 0 radical (unpaired) electrons. The van der Waals surface area contributed by atoms with Gasteiger partial charge in [-0.1, -0.05) is 30.3 Å². The van der Waals surface area contributed by atoms with Crippen molar-refractivity contribution >= 4 is 12.3 Å². The second-order valence-corrected chi connectivity index (χ2v) is 3.93. The highest BCUT2D eigenvalue weighted by atomic mass is 19.1. The van der Waals surface area contributed by atoms with Gasteiger partial charge in [-0.3, -0.25) is 4.79 Å². The zero-order valence-electron chi connectivity index (χ0n) is 10.2. The highest BCUT2D eigenvalue weighted by molar-refractivity contribution is 5.90. The second-order valence-electron chi connectivity index (χ2n) is 3.93. The van der Waals surface area contributed by atoms with Crippen LogP contribution in [0.15, 0.2) is 42.5 Å². The van der Waals surface area contributed by atoms with E-state index in [2.05, 4.69) is 4.74 Å². The van der Waals surface area contributed by atoms with E-state index in [0.717, 1.165) is 11.8 Å². The van der Waals surface area contributed by atoms with Crippen molar-refractivity contribution in [2.75, 3.05) is 7.11 Å². The molecular weight excluding hydrogens is 247 g/mol. The van der Waals surface area contributed by atoms with Gasteiger partial charge in [0.2, 0.25) is 0 Å². The summed E-state index contributed by atoms with van der Waals surface area (Å²) in [6, 6.07) is 11.0. The predicted octanol–water partition coefficient (Wildman–Crippen LogP) is 3.09. The summed E-state index contributed by atoms with van der Waals surface area (Å²) in [6.07, 6.45) is 0.741. The molecule has 0 saturated carbocycles. The lowest BCUT2D eigenvalue weighted by Gasteiger charge is -2.05. The third-order valence-electron chi connectivity index (χ3n) is 2.75. The molecule has 0 atom stereocenters. The topological polar surface area (TPSA) is 43.4 Å². The molecule has 4 heteroatoms. The van der Waals surface area contributed by atoms with Gasteiger partial charge in [0.1, 0.15) is 12.1 Å². The second kappa shape index (κ2) is 5.44. The average Bonchev–Trinajstić information content (AvgIpc) is 2.46. The van der Waals surface area contributed by atoms with Gasteiger partial charge in [-0.15, -0.1) is 0 Å². The van der Waals surface area contributed by atoms with E-state index in [1.165, 1.54) is 19.2 Å². The smallest absolute Gasteiger partial charge is 0.340 e. The number of methoxy groups -OCH3 is 1. The van der Waals surface area contributed by atoms with E-state index in [-0.39, 0.29) is 5.56 Å². The number of halogens is 1. The molecule has 0 bridgehead atoms. The van der Waals surface area contributed by atoms with Gasteiger partial charge in [-0.05, 0) is 23.3 Å². The van der Waals surface area contributed by atoms with E-state index in [4.69, 9.17) is 0 Å². The summed E-state index contributed by atoms with van der Waals surface area (Å²) >= 11 is 0. The number of rotatable bonds is 3. The lowest BCUT2D eigenvalue weighted by Crippen LogP contribution is -2.04. The molecule has 2 aromatic rings. The summed E-state index contributed by atoms with van der Waals surface area (Å²) in [5, 5.41) is 0. The van der Waals surface area contributed by atoms with Crippen LogP contribution >= 0.6 is 0 Å². The number of ether oxygens (including phenoxy) is 1. The third-order valence-corrected chi connectivity index (χ3v) is 2.75. The highest BCUT2D eigenvalue weighted by Crippen LogP contribution is 2.22. The summed E-state index contributed by atoms with van der Waals surface area (Å²) in [6.45, 7) is 0. The maximum absolute atomic E-state index is 13.8. The third kappa shape index (κ3) is 2.68. The Morgan fingerprint density at radius 2 is 1.74 bits per heavy atom. The first-order chi connectivity index (χ1) is 9.15. The Balaban J connectivity index is 2.38. The van der Waals surface area contributed by atoms with Crippen LogP contribution in [0, 0.1) is 5.82 Å². The van der Waals surface area contributed by atoms with Crippen LogP contribution < -0.4 is 0 Å². The lowest BCUT2D eigenvalue weighted by atomic mass is 10.0. The van der Waals surface area contributed by atoms with Gasteiger partial charge in [0.15, 0.2) is 0 Å². The molecular formula is C15H11FO3. The molecule has 2 aromatic carbocycles. The number of benzene rings is 2. The molecule has 0 amide bonds. The SMILES string of the molecule is COC(=O)c1ccc(-c2ccc(C=O)cc2)cc1F. The molecule has 0 unspecified atom stereocenters. The Morgan fingerprint density at radius 3 is 2.26 bits per heavy atom. The minimum absolute atomic E-state index is 0.101. The molecule has 0 aliphatic carbocycles. The normalized spacial score (nSPS) is 10.0. The van der Waals surface area contributed by atoms with Crippen molar-refractivity contribution in [2.45, 2.75) is 0 Å². The highest BCUT2D eigenvalue weighted by Gasteiger charge is 2.12. The van der Waals surface area contributed by atoms with Crippen molar-refractivity contribution in [3.8, 4) is 11.1 Å². The van der Waals surface area contributed by atoms with Gasteiger partial charge < -0.3 is 4.74 Å². The number of esters is 1. The Labute approximate surface area is 109 Å². The molecule has 0 heterocycles. The fourth-order valence-corrected chi connectivity index (χ4v) is 1.72. The summed E-state index contributed by atoms with van der Waals surface area (Å²) in [5.74, 6) is -1.34. The quantitative estimate of drug-likeness (QED) is 0.627. The maximum atomic E-state index is 13.8. The Morgan fingerprint density at radius 1 is 1.11 bits per heavy atom. The molecule has 3 nitrogen and oxygen atoms in total. The van der Waals surface area contributed by atoms with E-state index in [1.807, 2.05) is 0 Å². The molecule has 96 valence electrons. The van der Waals surface area contributed by atoms with Crippen molar-refractivity contribution < 1.29 is 18.7 Å². The number of hydrogen-bond acceptors (Lipinski definition) is 3. The zero-order valence-corrected chi connectivity index (χ0v) is 10.2. The van der Waals surface area contributed by atoms with Gasteiger partial charge >= 0.3 is 5.97 Å². The minimum Gasteiger partial charge on any atom is -0.465 e. The van der Waals surface area contributed by atoms with Crippen LogP contribution in [0.5, 0.6) is 0 Å². The molecule has 0 aromatic heterocycles. The van der Waals surface area contributed by atoms with Crippen LogP contribution in [-0.4, -0.2) is 19.4 Å². The zero-order chi connectivity index (χ0) is 13.8. The fraction of sp³-hybridized carbons (Fsp3) is 0.0667. The van der Waals surface area contributed by atoms with Crippen LogP contribution in [-0.2, 0) is 4.74 Å². The van der Waals surface area contributed by atoms with E-state index in [0.29, 0.717) is 11.1 Å². The van der Waals surface area contributed by atoms with Crippen molar-refractivity contribution in [2.24, 2.45) is 0 Å². The van der Waals surface area contributed by atoms with E-state index in [1.54, 1.807) is 30.3 Å². The van der Waals surface area contributed by atoms with Crippen molar-refractivity contribution in [3.63, 3.8) is 0 Å². The van der Waals surface area contributed by atoms with Crippen LogP contribution in [0.1, 0.15) is 20.7 Å². The Bertz CT molecular complexity index is 618. The number of carbonyl (C=O) groups is 2. The number of hydrogen-bond donors (Lipinski definition) is 0. The van der Waals surface area contributed by atoms with Crippen LogP contribution in [0.3, 0.4) is 0 Å². The van der Waals surface area contributed by atoms with Gasteiger partial charge in [-0.25, -0.2) is 9.18 Å². The average molecular weight is 258 g/mol. The molecule has 2 rings (SSSR count). The first-order valence-electron chi connectivity index (χ1n) is 5.59. The molecule has 0 aliphatic heterocycles. The van der Waals surface area contributed by atoms with Crippen LogP contribution in [0.2, 0.25) is 0 Å². The maximum Gasteiger partial charge on any atom is 0.340 e. The number of carbonyl (C=O) groups excluding carboxylic acids is 2. The molecule has 0 spiro atoms. The fourth-order valence-electron chi connectivity index (χ4n) is 1.72. The Kier molecular flexibility index (Phi) is 3.71. The van der Waals surface area contributed by atoms with Crippen LogP contribution in [0.4, 0.5) is 4.39 Å². The van der Waals surface area contributed by atoms with E-state index in [9.17, 15) is 14.0 Å². The predicted molar refractivity (Wildman–Crippen MR) is 68.6 cm³/mol.